The maximum absolute atomic E-state index is 12.1. The van der Waals surface area contributed by atoms with Crippen LogP contribution in [0.15, 0.2) is 5.38 Å². The van der Waals surface area contributed by atoms with Crippen LogP contribution in [0.2, 0.25) is 0 Å². The van der Waals surface area contributed by atoms with Crippen LogP contribution in [0.3, 0.4) is 0 Å². The van der Waals surface area contributed by atoms with E-state index in [0.29, 0.717) is 11.3 Å². The Morgan fingerprint density at radius 1 is 1.60 bits per heavy atom. The van der Waals surface area contributed by atoms with Crippen LogP contribution in [-0.4, -0.2) is 17.6 Å². The van der Waals surface area contributed by atoms with Crippen LogP contribution in [-0.2, 0) is 22.1 Å². The van der Waals surface area contributed by atoms with Gasteiger partial charge in [-0.1, -0.05) is 0 Å². The first-order chi connectivity index (χ1) is 6.93. The van der Waals surface area contributed by atoms with E-state index < -0.39 is 17.2 Å². The lowest BCUT2D eigenvalue weighted by atomic mass is 10.3. The van der Waals surface area contributed by atoms with Crippen LogP contribution in [0.4, 0.5) is 13.2 Å². The third-order valence-corrected chi connectivity index (χ3v) is 2.36. The SMILES string of the molecule is CCOC(=O)Cc1csc(C(F)(F)F)n1. The van der Waals surface area contributed by atoms with E-state index in [1.165, 1.54) is 5.38 Å². The summed E-state index contributed by atoms with van der Waals surface area (Å²) in [7, 11) is 0. The first kappa shape index (κ1) is 12.0. The predicted octanol–water partition coefficient (Wildman–Crippen LogP) is 2.27. The molecule has 0 aliphatic heterocycles. The van der Waals surface area contributed by atoms with E-state index in [1.54, 1.807) is 6.92 Å². The standard InChI is InChI=1S/C8H8F3NO2S/c1-2-14-6(13)3-5-4-15-7(12-5)8(9,10)11/h4H,2-3H2,1H3. The molecule has 0 aromatic carbocycles. The van der Waals surface area contributed by atoms with Crippen molar-refractivity contribution in [3.8, 4) is 0 Å². The largest absolute Gasteiger partial charge is 0.466 e. The van der Waals surface area contributed by atoms with Crippen molar-refractivity contribution in [3.63, 3.8) is 0 Å². The molecule has 0 spiro atoms. The highest BCUT2D eigenvalue weighted by Crippen LogP contribution is 2.31. The fraction of sp³-hybridized carbons (Fsp3) is 0.500. The van der Waals surface area contributed by atoms with Crippen LogP contribution in [0.25, 0.3) is 0 Å². The molecule has 0 N–H and O–H groups in total. The zero-order valence-corrected chi connectivity index (χ0v) is 8.61. The lowest BCUT2D eigenvalue weighted by Crippen LogP contribution is -2.09. The average molecular weight is 239 g/mol. The molecule has 3 nitrogen and oxygen atoms in total. The van der Waals surface area contributed by atoms with Gasteiger partial charge in [0, 0.05) is 5.38 Å². The molecule has 1 aromatic rings. The van der Waals surface area contributed by atoms with Crippen molar-refractivity contribution in [1.29, 1.82) is 0 Å². The van der Waals surface area contributed by atoms with E-state index in [9.17, 15) is 18.0 Å². The lowest BCUT2D eigenvalue weighted by molar-refractivity contribution is -0.143. The van der Waals surface area contributed by atoms with Gasteiger partial charge in [0.05, 0.1) is 18.7 Å². The second-order valence-corrected chi connectivity index (χ2v) is 3.48. The van der Waals surface area contributed by atoms with Crippen molar-refractivity contribution in [1.82, 2.24) is 4.98 Å². The maximum atomic E-state index is 12.1. The zero-order chi connectivity index (χ0) is 11.5. The predicted molar refractivity (Wildman–Crippen MR) is 47.5 cm³/mol. The van der Waals surface area contributed by atoms with Crippen molar-refractivity contribution in [2.24, 2.45) is 0 Å². The topological polar surface area (TPSA) is 39.2 Å². The van der Waals surface area contributed by atoms with E-state index >= 15 is 0 Å². The number of aromatic nitrogens is 1. The fourth-order valence-electron chi connectivity index (χ4n) is 0.878. The molecule has 84 valence electrons. The van der Waals surface area contributed by atoms with Gasteiger partial charge in [-0.05, 0) is 6.92 Å². The summed E-state index contributed by atoms with van der Waals surface area (Å²) in [5, 5.41) is 0.265. The second-order valence-electron chi connectivity index (χ2n) is 2.62. The second kappa shape index (κ2) is 4.61. The summed E-state index contributed by atoms with van der Waals surface area (Å²) in [4.78, 5) is 14.2. The van der Waals surface area contributed by atoms with Gasteiger partial charge in [-0.25, -0.2) is 4.98 Å². The first-order valence-electron chi connectivity index (χ1n) is 4.10. The minimum absolute atomic E-state index is 0.0887. The van der Waals surface area contributed by atoms with Gasteiger partial charge in [0.2, 0.25) is 0 Å². The Bertz CT molecular complexity index is 348. The Morgan fingerprint density at radius 3 is 2.73 bits per heavy atom. The summed E-state index contributed by atoms with van der Waals surface area (Å²) in [6, 6.07) is 0. The molecular weight excluding hydrogens is 231 g/mol. The molecule has 0 aliphatic carbocycles. The molecule has 0 amide bonds. The van der Waals surface area contributed by atoms with E-state index in [0.717, 1.165) is 0 Å². The Balaban J connectivity index is 2.65. The molecular formula is C8H8F3NO2S. The van der Waals surface area contributed by atoms with Crippen molar-refractivity contribution in [3.05, 3.63) is 16.1 Å². The number of ether oxygens (including phenoxy) is 1. The van der Waals surface area contributed by atoms with Gasteiger partial charge in [-0.15, -0.1) is 11.3 Å². The molecule has 0 fully saturated rings. The molecule has 1 aromatic heterocycles. The van der Waals surface area contributed by atoms with Gasteiger partial charge in [0.15, 0.2) is 5.01 Å². The number of halogens is 3. The van der Waals surface area contributed by atoms with Gasteiger partial charge in [-0.3, -0.25) is 4.79 Å². The number of hydrogen-bond acceptors (Lipinski definition) is 4. The summed E-state index contributed by atoms with van der Waals surface area (Å²) >= 11 is 0.473. The minimum atomic E-state index is -4.45. The van der Waals surface area contributed by atoms with Crippen molar-refractivity contribution >= 4 is 17.3 Å². The molecule has 0 bridgehead atoms. The molecule has 0 aliphatic rings. The Labute approximate surface area is 87.9 Å². The van der Waals surface area contributed by atoms with Crippen molar-refractivity contribution < 1.29 is 22.7 Å². The number of hydrogen-bond donors (Lipinski definition) is 0. The van der Waals surface area contributed by atoms with Crippen LogP contribution < -0.4 is 0 Å². The number of rotatable bonds is 3. The van der Waals surface area contributed by atoms with Gasteiger partial charge < -0.3 is 4.74 Å². The normalized spacial score (nSPS) is 11.5. The zero-order valence-electron chi connectivity index (χ0n) is 7.80. The van der Waals surface area contributed by atoms with E-state index in [4.69, 9.17) is 0 Å². The quantitative estimate of drug-likeness (QED) is 0.759. The van der Waals surface area contributed by atoms with E-state index in [2.05, 4.69) is 9.72 Å². The molecule has 0 unspecified atom stereocenters. The first-order valence-corrected chi connectivity index (χ1v) is 4.98. The fourth-order valence-corrected chi connectivity index (χ4v) is 1.57. The number of esters is 1. The molecule has 0 saturated carbocycles. The Kier molecular flexibility index (Phi) is 3.67. The van der Waals surface area contributed by atoms with Gasteiger partial charge in [-0.2, -0.15) is 13.2 Å². The monoisotopic (exact) mass is 239 g/mol. The van der Waals surface area contributed by atoms with Crippen LogP contribution in [0.1, 0.15) is 17.6 Å². The van der Waals surface area contributed by atoms with E-state index in [1.807, 2.05) is 0 Å². The summed E-state index contributed by atoms with van der Waals surface area (Å²) in [5.41, 5.74) is 0.0887. The smallest absolute Gasteiger partial charge is 0.443 e. The number of alkyl halides is 3. The Hall–Kier alpha value is -1.11. The third kappa shape index (κ3) is 3.50. The number of carbonyl (C=O) groups excluding carboxylic acids is 1. The summed E-state index contributed by atoms with van der Waals surface area (Å²) < 4.78 is 40.9. The van der Waals surface area contributed by atoms with E-state index in [-0.39, 0.29) is 18.7 Å². The molecule has 0 radical (unpaired) electrons. The summed E-state index contributed by atoms with van der Waals surface area (Å²) in [6.07, 6.45) is -4.67. The highest BCUT2D eigenvalue weighted by Gasteiger charge is 2.34. The number of nitrogens with zero attached hydrogens (tertiary/aromatic N) is 1. The Morgan fingerprint density at radius 2 is 2.27 bits per heavy atom. The average Bonchev–Trinajstić information content (AvgIpc) is 2.52. The molecule has 7 heteroatoms. The van der Waals surface area contributed by atoms with Crippen LogP contribution in [0.5, 0.6) is 0 Å². The summed E-state index contributed by atoms with van der Waals surface area (Å²) in [5.74, 6) is -0.573. The van der Waals surface area contributed by atoms with Gasteiger partial charge in [0.25, 0.3) is 0 Å². The minimum Gasteiger partial charge on any atom is -0.466 e. The third-order valence-electron chi connectivity index (χ3n) is 1.43. The number of thiazole rings is 1. The molecule has 0 atom stereocenters. The molecule has 15 heavy (non-hydrogen) atoms. The highest BCUT2D eigenvalue weighted by atomic mass is 32.1. The molecule has 1 heterocycles. The lowest BCUT2D eigenvalue weighted by Gasteiger charge is -2.00. The van der Waals surface area contributed by atoms with Crippen LogP contribution >= 0.6 is 11.3 Å². The van der Waals surface area contributed by atoms with Gasteiger partial charge >= 0.3 is 12.1 Å². The number of carbonyl (C=O) groups is 1. The highest BCUT2D eigenvalue weighted by molar-refractivity contribution is 7.09. The van der Waals surface area contributed by atoms with Gasteiger partial charge in [0.1, 0.15) is 0 Å². The maximum Gasteiger partial charge on any atom is 0.443 e. The van der Waals surface area contributed by atoms with Crippen molar-refractivity contribution in [2.45, 2.75) is 19.5 Å². The summed E-state index contributed by atoms with van der Waals surface area (Å²) in [6.45, 7) is 1.83. The molecule has 0 saturated heterocycles. The van der Waals surface area contributed by atoms with Crippen LogP contribution in [0, 0.1) is 0 Å². The van der Waals surface area contributed by atoms with Crippen molar-refractivity contribution in [2.75, 3.05) is 6.61 Å². The molecule has 1 rings (SSSR count).